The lowest BCUT2D eigenvalue weighted by atomic mass is 9.95. The van der Waals surface area contributed by atoms with Crippen molar-refractivity contribution >= 4 is 13.3 Å². The molecule has 2 aromatic rings. The van der Waals surface area contributed by atoms with E-state index < -0.39 is 8.07 Å². The van der Waals surface area contributed by atoms with Gasteiger partial charge < -0.3 is 0 Å². The maximum absolute atomic E-state index is 2.46. The van der Waals surface area contributed by atoms with Crippen LogP contribution in [-0.4, -0.2) is 8.07 Å². The molecule has 0 bridgehead atoms. The van der Waals surface area contributed by atoms with Crippen molar-refractivity contribution in [1.29, 1.82) is 0 Å². The van der Waals surface area contributed by atoms with Crippen LogP contribution in [0, 0.1) is 12.8 Å². The van der Waals surface area contributed by atoms with Gasteiger partial charge in [0.25, 0.3) is 0 Å². The molecule has 0 aliphatic heterocycles. The fourth-order valence-electron chi connectivity index (χ4n) is 3.58. The Balaban J connectivity index is 2.66. The molecule has 1 aromatic heterocycles. The van der Waals surface area contributed by atoms with Crippen molar-refractivity contribution in [3.63, 3.8) is 0 Å². The van der Waals surface area contributed by atoms with Crippen LogP contribution in [0.2, 0.25) is 19.6 Å². The molecule has 0 radical (unpaired) electrons. The molecular formula is C23H36NSi+. The summed E-state index contributed by atoms with van der Waals surface area (Å²) >= 11 is 0. The van der Waals surface area contributed by atoms with Crippen LogP contribution >= 0.6 is 0 Å². The van der Waals surface area contributed by atoms with Crippen molar-refractivity contribution in [2.45, 2.75) is 66.6 Å². The SMILES string of the molecule is Cc1ccc(CC(C)C)cc1-c1cc(C(C)C)c([Si](C)(C)C)c[n+]1C. The van der Waals surface area contributed by atoms with Crippen LogP contribution in [-0.2, 0) is 13.5 Å². The van der Waals surface area contributed by atoms with E-state index in [4.69, 9.17) is 0 Å². The standard InChI is InChI=1S/C23H36NSi/c1-16(2)12-19-11-10-18(5)21(13-19)22-14-20(17(3)4)23(15-24(22)6)25(7,8)9/h10-11,13-17H,12H2,1-9H3/q+1. The lowest BCUT2D eigenvalue weighted by Gasteiger charge is -2.22. The van der Waals surface area contributed by atoms with E-state index in [0.29, 0.717) is 11.8 Å². The number of aromatic nitrogens is 1. The Morgan fingerprint density at radius 3 is 2.16 bits per heavy atom. The van der Waals surface area contributed by atoms with Crippen LogP contribution in [0.3, 0.4) is 0 Å². The van der Waals surface area contributed by atoms with Gasteiger partial charge in [0.05, 0.1) is 8.07 Å². The summed E-state index contributed by atoms with van der Waals surface area (Å²) < 4.78 is 2.35. The van der Waals surface area contributed by atoms with Gasteiger partial charge in [-0.3, -0.25) is 0 Å². The highest BCUT2D eigenvalue weighted by Crippen LogP contribution is 2.26. The van der Waals surface area contributed by atoms with Crippen molar-refractivity contribution in [2.24, 2.45) is 13.0 Å². The molecule has 0 unspecified atom stereocenters. The first-order chi connectivity index (χ1) is 11.5. The molecule has 1 aromatic carbocycles. The average molecular weight is 355 g/mol. The van der Waals surface area contributed by atoms with E-state index in [1.54, 1.807) is 5.19 Å². The zero-order valence-electron chi connectivity index (χ0n) is 17.7. The fraction of sp³-hybridized carbons (Fsp3) is 0.522. The van der Waals surface area contributed by atoms with Crippen molar-refractivity contribution in [2.75, 3.05) is 0 Å². The monoisotopic (exact) mass is 354 g/mol. The lowest BCUT2D eigenvalue weighted by molar-refractivity contribution is -0.659. The largest absolute Gasteiger partial charge is 0.212 e. The summed E-state index contributed by atoms with van der Waals surface area (Å²) in [5.41, 5.74) is 7.05. The van der Waals surface area contributed by atoms with E-state index in [2.05, 4.69) is 96.3 Å². The Morgan fingerprint density at radius 1 is 1.00 bits per heavy atom. The highest BCUT2D eigenvalue weighted by molar-refractivity contribution is 6.89. The zero-order chi connectivity index (χ0) is 18.9. The van der Waals surface area contributed by atoms with Gasteiger partial charge in [-0.1, -0.05) is 59.5 Å². The van der Waals surface area contributed by atoms with Crippen molar-refractivity contribution < 1.29 is 4.57 Å². The molecule has 0 aliphatic carbocycles. The number of aryl methyl sites for hydroxylation is 2. The molecule has 0 fully saturated rings. The van der Waals surface area contributed by atoms with E-state index in [-0.39, 0.29) is 0 Å². The van der Waals surface area contributed by atoms with Crippen LogP contribution in [0.25, 0.3) is 11.3 Å². The van der Waals surface area contributed by atoms with Crippen LogP contribution in [0.5, 0.6) is 0 Å². The summed E-state index contributed by atoms with van der Waals surface area (Å²) in [6.07, 6.45) is 3.55. The van der Waals surface area contributed by atoms with Crippen molar-refractivity contribution in [3.05, 3.63) is 47.2 Å². The predicted molar refractivity (Wildman–Crippen MR) is 113 cm³/mol. The molecule has 0 amide bonds. The highest BCUT2D eigenvalue weighted by Gasteiger charge is 2.27. The second-order valence-electron chi connectivity index (χ2n) is 9.29. The second kappa shape index (κ2) is 7.45. The number of hydrogen-bond donors (Lipinski definition) is 0. The van der Waals surface area contributed by atoms with E-state index in [0.717, 1.165) is 6.42 Å². The third kappa shape index (κ3) is 4.61. The quantitative estimate of drug-likeness (QED) is 0.503. The number of nitrogens with zero attached hydrogens (tertiary/aromatic N) is 1. The molecule has 0 saturated heterocycles. The lowest BCUT2D eigenvalue weighted by Crippen LogP contribution is -2.47. The van der Waals surface area contributed by atoms with Gasteiger partial charge in [-0.05, 0) is 47.9 Å². The van der Waals surface area contributed by atoms with Gasteiger partial charge in [0.2, 0.25) is 5.69 Å². The van der Waals surface area contributed by atoms with E-state index in [1.807, 2.05) is 0 Å². The maximum Gasteiger partial charge on any atom is 0.212 e. The van der Waals surface area contributed by atoms with E-state index in [9.17, 15) is 0 Å². The van der Waals surface area contributed by atoms with Crippen LogP contribution in [0.15, 0.2) is 30.5 Å². The smallest absolute Gasteiger partial charge is 0.201 e. The summed E-state index contributed by atoms with van der Waals surface area (Å²) in [6.45, 7) is 18.8. The zero-order valence-corrected chi connectivity index (χ0v) is 18.7. The number of benzene rings is 1. The summed E-state index contributed by atoms with van der Waals surface area (Å²) in [5, 5.41) is 1.59. The molecule has 136 valence electrons. The minimum absolute atomic E-state index is 0.556. The first-order valence-corrected chi connectivity index (χ1v) is 13.1. The van der Waals surface area contributed by atoms with Gasteiger partial charge in [0, 0.05) is 16.8 Å². The number of rotatable bonds is 5. The first-order valence-electron chi connectivity index (χ1n) is 9.64. The van der Waals surface area contributed by atoms with Crippen LogP contribution < -0.4 is 9.75 Å². The first kappa shape index (κ1) is 19.9. The predicted octanol–water partition coefficient (Wildman–Crippen LogP) is 5.35. The number of pyridine rings is 1. The second-order valence-corrected chi connectivity index (χ2v) is 14.3. The third-order valence-electron chi connectivity index (χ3n) is 4.96. The Hall–Kier alpha value is -1.41. The molecule has 1 heterocycles. The minimum Gasteiger partial charge on any atom is -0.201 e. The summed E-state index contributed by atoms with van der Waals surface area (Å²) in [5.74, 6) is 1.24. The normalized spacial score (nSPS) is 12.3. The van der Waals surface area contributed by atoms with Gasteiger partial charge in [-0.25, -0.2) is 4.57 Å². The van der Waals surface area contributed by atoms with E-state index in [1.165, 1.54) is 27.9 Å². The summed E-state index contributed by atoms with van der Waals surface area (Å²) in [7, 11) is 0.843. The van der Waals surface area contributed by atoms with Gasteiger partial charge in [0.15, 0.2) is 6.20 Å². The summed E-state index contributed by atoms with van der Waals surface area (Å²) in [6, 6.07) is 9.44. The Bertz CT molecular complexity index is 751. The molecular weight excluding hydrogens is 318 g/mol. The Labute approximate surface area is 156 Å². The van der Waals surface area contributed by atoms with Crippen LogP contribution in [0.4, 0.5) is 0 Å². The average Bonchev–Trinajstić information content (AvgIpc) is 2.47. The summed E-state index contributed by atoms with van der Waals surface area (Å²) in [4.78, 5) is 0. The van der Waals surface area contributed by atoms with Gasteiger partial charge >= 0.3 is 0 Å². The minimum atomic E-state index is -1.36. The molecule has 2 heteroatoms. The molecule has 1 nitrogen and oxygen atoms in total. The Kier molecular flexibility index (Phi) is 5.93. The molecule has 2 rings (SSSR count). The topological polar surface area (TPSA) is 3.88 Å². The van der Waals surface area contributed by atoms with Gasteiger partial charge in [-0.15, -0.1) is 0 Å². The van der Waals surface area contributed by atoms with Crippen LogP contribution in [0.1, 0.15) is 50.3 Å². The van der Waals surface area contributed by atoms with Crippen molar-refractivity contribution in [1.82, 2.24) is 0 Å². The third-order valence-corrected chi connectivity index (χ3v) is 6.99. The maximum atomic E-state index is 2.46. The van der Waals surface area contributed by atoms with Gasteiger partial charge in [0.1, 0.15) is 7.05 Å². The molecule has 0 saturated carbocycles. The molecule has 25 heavy (non-hydrogen) atoms. The fourth-order valence-corrected chi connectivity index (χ4v) is 5.39. The molecule has 0 aliphatic rings. The molecule has 0 N–H and O–H groups in total. The van der Waals surface area contributed by atoms with Crippen molar-refractivity contribution in [3.8, 4) is 11.3 Å². The molecule has 0 spiro atoms. The van der Waals surface area contributed by atoms with E-state index >= 15 is 0 Å². The molecule has 0 atom stereocenters. The Morgan fingerprint density at radius 2 is 1.64 bits per heavy atom. The number of hydrogen-bond acceptors (Lipinski definition) is 0. The highest BCUT2D eigenvalue weighted by atomic mass is 28.3. The van der Waals surface area contributed by atoms with Gasteiger partial charge in [-0.2, -0.15) is 0 Å².